The second-order valence-corrected chi connectivity index (χ2v) is 3.16. The summed E-state index contributed by atoms with van der Waals surface area (Å²) in [5.41, 5.74) is 1.05. The van der Waals surface area contributed by atoms with Gasteiger partial charge in [0, 0.05) is 6.54 Å². The second kappa shape index (κ2) is 5.38. The standard InChI is InChI=1S/C11H14N2O/c1-10(13(14)9-5-8-12)11-6-3-2-4-7-11/h2-4,6-7,10,14H,5,9H2,1H3/t10-/m0/s1. The highest BCUT2D eigenvalue weighted by molar-refractivity contribution is 5.17. The highest BCUT2D eigenvalue weighted by Crippen LogP contribution is 2.17. The van der Waals surface area contributed by atoms with Crippen molar-refractivity contribution in [3.05, 3.63) is 35.9 Å². The van der Waals surface area contributed by atoms with Gasteiger partial charge in [0.25, 0.3) is 0 Å². The third kappa shape index (κ3) is 2.84. The van der Waals surface area contributed by atoms with Gasteiger partial charge in [-0.3, -0.25) is 0 Å². The molecule has 0 radical (unpaired) electrons. The van der Waals surface area contributed by atoms with Gasteiger partial charge >= 0.3 is 0 Å². The summed E-state index contributed by atoms with van der Waals surface area (Å²) >= 11 is 0. The Labute approximate surface area is 84.2 Å². The summed E-state index contributed by atoms with van der Waals surface area (Å²) in [5.74, 6) is 0. The topological polar surface area (TPSA) is 47.3 Å². The molecule has 0 spiro atoms. The number of hydrogen-bond donors (Lipinski definition) is 1. The number of nitrogens with zero attached hydrogens (tertiary/aromatic N) is 2. The van der Waals surface area contributed by atoms with Crippen LogP contribution in [0.2, 0.25) is 0 Å². The molecule has 1 atom stereocenters. The minimum Gasteiger partial charge on any atom is -0.313 e. The Morgan fingerprint density at radius 2 is 2.07 bits per heavy atom. The molecule has 0 amide bonds. The Morgan fingerprint density at radius 1 is 1.43 bits per heavy atom. The summed E-state index contributed by atoms with van der Waals surface area (Å²) in [7, 11) is 0. The molecule has 0 aliphatic rings. The Balaban J connectivity index is 2.57. The molecule has 14 heavy (non-hydrogen) atoms. The SMILES string of the molecule is C[C@@H](c1ccccc1)N(O)CCC#N. The zero-order chi connectivity index (χ0) is 10.4. The van der Waals surface area contributed by atoms with Gasteiger partial charge in [0.1, 0.15) is 0 Å². The molecule has 1 rings (SSSR count). The Hall–Kier alpha value is -1.37. The molecule has 0 saturated heterocycles. The lowest BCUT2D eigenvalue weighted by Crippen LogP contribution is -2.23. The Kier molecular flexibility index (Phi) is 4.11. The maximum atomic E-state index is 9.58. The van der Waals surface area contributed by atoms with Gasteiger partial charge in [-0.1, -0.05) is 30.3 Å². The summed E-state index contributed by atoms with van der Waals surface area (Å²) in [6.45, 7) is 2.29. The normalized spacial score (nSPS) is 12.4. The van der Waals surface area contributed by atoms with Crippen LogP contribution in [0.15, 0.2) is 30.3 Å². The Morgan fingerprint density at radius 3 is 2.64 bits per heavy atom. The van der Waals surface area contributed by atoms with E-state index in [1.54, 1.807) is 0 Å². The van der Waals surface area contributed by atoms with Crippen LogP contribution in [-0.4, -0.2) is 16.8 Å². The lowest BCUT2D eigenvalue weighted by atomic mass is 10.1. The lowest BCUT2D eigenvalue weighted by molar-refractivity contribution is -0.122. The van der Waals surface area contributed by atoms with E-state index in [-0.39, 0.29) is 6.04 Å². The molecule has 0 saturated carbocycles. The first-order valence-corrected chi connectivity index (χ1v) is 4.63. The van der Waals surface area contributed by atoms with Gasteiger partial charge < -0.3 is 5.21 Å². The van der Waals surface area contributed by atoms with E-state index in [2.05, 4.69) is 0 Å². The molecule has 0 aliphatic heterocycles. The third-order valence-electron chi connectivity index (χ3n) is 2.18. The van der Waals surface area contributed by atoms with Crippen LogP contribution in [0.3, 0.4) is 0 Å². The van der Waals surface area contributed by atoms with E-state index >= 15 is 0 Å². The number of hydroxylamine groups is 2. The average molecular weight is 190 g/mol. The van der Waals surface area contributed by atoms with Crippen molar-refractivity contribution in [2.24, 2.45) is 0 Å². The van der Waals surface area contributed by atoms with Crippen molar-refractivity contribution >= 4 is 0 Å². The zero-order valence-electron chi connectivity index (χ0n) is 8.22. The van der Waals surface area contributed by atoms with E-state index < -0.39 is 0 Å². The molecule has 0 bridgehead atoms. The molecule has 0 aromatic heterocycles. The maximum Gasteiger partial charge on any atom is 0.0636 e. The van der Waals surface area contributed by atoms with Crippen LogP contribution >= 0.6 is 0 Å². The molecule has 0 fully saturated rings. The van der Waals surface area contributed by atoms with Crippen LogP contribution in [0.4, 0.5) is 0 Å². The van der Waals surface area contributed by atoms with Crippen molar-refractivity contribution in [3.63, 3.8) is 0 Å². The van der Waals surface area contributed by atoms with Crippen LogP contribution < -0.4 is 0 Å². The van der Waals surface area contributed by atoms with Crippen LogP contribution in [0.25, 0.3) is 0 Å². The fraction of sp³-hybridized carbons (Fsp3) is 0.364. The predicted octanol–water partition coefficient (Wildman–Crippen LogP) is 2.35. The first kappa shape index (κ1) is 10.7. The summed E-state index contributed by atoms with van der Waals surface area (Å²) in [4.78, 5) is 0. The summed E-state index contributed by atoms with van der Waals surface area (Å²) in [5, 5.41) is 19.2. The molecular weight excluding hydrogens is 176 g/mol. The van der Waals surface area contributed by atoms with E-state index in [1.165, 1.54) is 5.06 Å². The molecule has 1 aromatic rings. The van der Waals surface area contributed by atoms with Crippen LogP contribution in [-0.2, 0) is 0 Å². The highest BCUT2D eigenvalue weighted by Gasteiger charge is 2.11. The summed E-state index contributed by atoms with van der Waals surface area (Å²) in [6, 6.07) is 11.7. The summed E-state index contributed by atoms with van der Waals surface area (Å²) < 4.78 is 0. The van der Waals surface area contributed by atoms with E-state index in [9.17, 15) is 5.21 Å². The van der Waals surface area contributed by atoms with E-state index in [0.717, 1.165) is 5.56 Å². The first-order valence-electron chi connectivity index (χ1n) is 4.63. The van der Waals surface area contributed by atoms with Crippen LogP contribution in [0, 0.1) is 11.3 Å². The number of nitriles is 1. The quantitative estimate of drug-likeness (QED) is 0.741. The van der Waals surface area contributed by atoms with Gasteiger partial charge in [-0.05, 0) is 12.5 Å². The van der Waals surface area contributed by atoms with Crippen LogP contribution in [0.5, 0.6) is 0 Å². The molecule has 0 unspecified atom stereocenters. The van der Waals surface area contributed by atoms with Crippen molar-refractivity contribution in [3.8, 4) is 6.07 Å². The van der Waals surface area contributed by atoms with Gasteiger partial charge in [-0.15, -0.1) is 0 Å². The number of hydrogen-bond acceptors (Lipinski definition) is 3. The molecule has 3 heteroatoms. The molecule has 1 N–H and O–H groups in total. The van der Waals surface area contributed by atoms with Gasteiger partial charge in [-0.2, -0.15) is 10.3 Å². The molecule has 74 valence electrons. The van der Waals surface area contributed by atoms with Gasteiger partial charge in [0.2, 0.25) is 0 Å². The second-order valence-electron chi connectivity index (χ2n) is 3.16. The van der Waals surface area contributed by atoms with Crippen molar-refractivity contribution in [1.29, 1.82) is 5.26 Å². The molecule has 3 nitrogen and oxygen atoms in total. The molecule has 0 heterocycles. The van der Waals surface area contributed by atoms with Gasteiger partial charge in [0.05, 0.1) is 18.5 Å². The van der Waals surface area contributed by atoms with Crippen molar-refractivity contribution in [1.82, 2.24) is 5.06 Å². The summed E-state index contributed by atoms with van der Waals surface area (Å²) in [6.07, 6.45) is 0.341. The van der Waals surface area contributed by atoms with Crippen molar-refractivity contribution < 1.29 is 5.21 Å². The van der Waals surface area contributed by atoms with Crippen molar-refractivity contribution in [2.75, 3.05) is 6.54 Å². The third-order valence-corrected chi connectivity index (χ3v) is 2.18. The zero-order valence-corrected chi connectivity index (χ0v) is 8.22. The first-order chi connectivity index (χ1) is 6.75. The monoisotopic (exact) mass is 190 g/mol. The predicted molar refractivity (Wildman–Crippen MR) is 53.6 cm³/mol. The molecular formula is C11H14N2O. The minimum atomic E-state index is -0.0652. The van der Waals surface area contributed by atoms with E-state index in [1.807, 2.05) is 43.3 Å². The number of benzene rings is 1. The van der Waals surface area contributed by atoms with Gasteiger partial charge in [-0.25, -0.2) is 0 Å². The maximum absolute atomic E-state index is 9.58. The van der Waals surface area contributed by atoms with E-state index in [4.69, 9.17) is 5.26 Å². The lowest BCUT2D eigenvalue weighted by Gasteiger charge is -2.21. The Bertz CT molecular complexity index is 305. The smallest absolute Gasteiger partial charge is 0.0636 e. The molecule has 0 aliphatic carbocycles. The number of rotatable bonds is 4. The van der Waals surface area contributed by atoms with Gasteiger partial charge in [0.15, 0.2) is 0 Å². The van der Waals surface area contributed by atoms with E-state index in [0.29, 0.717) is 13.0 Å². The molecule has 1 aromatic carbocycles. The average Bonchev–Trinajstić information content (AvgIpc) is 2.26. The minimum absolute atomic E-state index is 0.0652. The largest absolute Gasteiger partial charge is 0.313 e. The fourth-order valence-corrected chi connectivity index (χ4v) is 1.26. The van der Waals surface area contributed by atoms with Crippen molar-refractivity contribution in [2.45, 2.75) is 19.4 Å². The fourth-order valence-electron chi connectivity index (χ4n) is 1.26. The van der Waals surface area contributed by atoms with Crippen LogP contribution in [0.1, 0.15) is 24.9 Å². The highest BCUT2D eigenvalue weighted by atomic mass is 16.5.